The molecule has 0 atom stereocenters. The molecule has 2 aliphatic heterocycles. The predicted molar refractivity (Wildman–Crippen MR) is 133 cm³/mol. The second kappa shape index (κ2) is 10.0. The molecular weight excluding hydrogens is 458 g/mol. The Morgan fingerprint density at radius 1 is 0.970 bits per heavy atom. The number of rotatable bonds is 6. The lowest BCUT2D eigenvalue weighted by Gasteiger charge is -2.36. The van der Waals surface area contributed by atoms with Crippen LogP contribution in [0.1, 0.15) is 4.88 Å². The monoisotopic (exact) mass is 483 g/mol. The van der Waals surface area contributed by atoms with Gasteiger partial charge < -0.3 is 19.3 Å². The zero-order valence-corrected chi connectivity index (χ0v) is 19.9. The lowest BCUT2D eigenvalue weighted by Crippen LogP contribution is -2.50. The Bertz CT molecular complexity index is 1100. The average molecular weight is 484 g/mol. The van der Waals surface area contributed by atoms with Gasteiger partial charge in [-0.3, -0.25) is 9.69 Å². The summed E-state index contributed by atoms with van der Waals surface area (Å²) in [4.78, 5) is 21.0. The Morgan fingerprint density at radius 3 is 2.55 bits per heavy atom. The molecule has 5 rings (SSSR count). The third-order valence-electron chi connectivity index (χ3n) is 5.94. The number of benzene rings is 2. The van der Waals surface area contributed by atoms with Crippen molar-refractivity contribution >= 4 is 40.2 Å². The molecule has 1 fully saturated rings. The predicted octanol–water partition coefficient (Wildman–Crippen LogP) is 4.53. The molecule has 0 saturated carbocycles. The number of amides is 1. The van der Waals surface area contributed by atoms with Crippen LogP contribution in [0.5, 0.6) is 11.5 Å². The Balaban J connectivity index is 1.28. The zero-order chi connectivity index (χ0) is 22.6. The number of ether oxygens (including phenoxy) is 2. The molecule has 1 aromatic heterocycles. The van der Waals surface area contributed by atoms with Crippen LogP contribution in [0, 0.1) is 0 Å². The summed E-state index contributed by atoms with van der Waals surface area (Å²) in [6, 6.07) is 17.8. The molecule has 8 heteroatoms. The van der Waals surface area contributed by atoms with Crippen molar-refractivity contribution in [3.8, 4) is 11.5 Å². The maximum atomic E-state index is 13.5. The van der Waals surface area contributed by atoms with Crippen LogP contribution in [-0.4, -0.2) is 56.7 Å². The number of hydrogen-bond donors (Lipinski definition) is 0. The molecule has 0 N–H and O–H groups in total. The first-order valence-electron chi connectivity index (χ1n) is 11.1. The van der Waals surface area contributed by atoms with E-state index < -0.39 is 0 Å². The number of fused-ring (bicyclic) bond motifs is 1. The van der Waals surface area contributed by atoms with E-state index in [0.29, 0.717) is 32.1 Å². The van der Waals surface area contributed by atoms with E-state index in [4.69, 9.17) is 21.1 Å². The first kappa shape index (κ1) is 22.1. The summed E-state index contributed by atoms with van der Waals surface area (Å²) in [7, 11) is 0. The molecule has 1 saturated heterocycles. The molecule has 2 aliphatic rings. The van der Waals surface area contributed by atoms with E-state index in [0.717, 1.165) is 53.2 Å². The third-order valence-corrected chi connectivity index (χ3v) is 7.03. The minimum Gasteiger partial charge on any atom is -0.486 e. The number of halogens is 1. The fraction of sp³-hybridized carbons (Fsp3) is 0.320. The lowest BCUT2D eigenvalue weighted by atomic mass is 10.2. The van der Waals surface area contributed by atoms with Crippen LogP contribution in [0.2, 0.25) is 5.02 Å². The first-order valence-corrected chi connectivity index (χ1v) is 12.4. The van der Waals surface area contributed by atoms with Gasteiger partial charge in [0.15, 0.2) is 11.5 Å². The van der Waals surface area contributed by atoms with E-state index in [1.165, 1.54) is 0 Å². The van der Waals surface area contributed by atoms with Crippen LogP contribution < -0.4 is 19.3 Å². The Labute approximate surface area is 202 Å². The summed E-state index contributed by atoms with van der Waals surface area (Å²) in [5.41, 5.74) is 1.96. The van der Waals surface area contributed by atoms with Crippen molar-refractivity contribution in [2.45, 2.75) is 6.54 Å². The first-order chi connectivity index (χ1) is 16.2. The highest BCUT2D eigenvalue weighted by Crippen LogP contribution is 2.35. The van der Waals surface area contributed by atoms with Gasteiger partial charge in [0.1, 0.15) is 13.2 Å². The van der Waals surface area contributed by atoms with E-state index in [9.17, 15) is 4.79 Å². The van der Waals surface area contributed by atoms with E-state index in [-0.39, 0.29) is 5.91 Å². The van der Waals surface area contributed by atoms with Gasteiger partial charge in [-0.1, -0.05) is 23.7 Å². The second-order valence-electron chi connectivity index (χ2n) is 8.13. The van der Waals surface area contributed by atoms with Crippen LogP contribution in [0.15, 0.2) is 60.0 Å². The van der Waals surface area contributed by atoms with Crippen molar-refractivity contribution in [2.24, 2.45) is 0 Å². The van der Waals surface area contributed by atoms with Crippen LogP contribution in [0.3, 0.4) is 0 Å². The van der Waals surface area contributed by atoms with Gasteiger partial charge in [0.25, 0.3) is 0 Å². The summed E-state index contributed by atoms with van der Waals surface area (Å²) in [5.74, 6) is 1.50. The standard InChI is InChI=1S/C25H26ClN3O3S/c26-19-3-1-4-20(15-19)28-10-8-27(9-11-28)18-25(30)29(17-22-5-2-14-33-22)21-6-7-23-24(16-21)32-13-12-31-23/h1-7,14-16H,8-13,17-18H2. The number of anilines is 2. The Kier molecular flexibility index (Phi) is 6.71. The summed E-state index contributed by atoms with van der Waals surface area (Å²) >= 11 is 7.81. The number of thiophene rings is 1. The molecule has 6 nitrogen and oxygen atoms in total. The maximum absolute atomic E-state index is 13.5. The number of carbonyl (C=O) groups excluding carboxylic acids is 1. The molecule has 2 aromatic carbocycles. The number of nitrogens with zero attached hydrogens (tertiary/aromatic N) is 3. The molecule has 3 heterocycles. The molecule has 33 heavy (non-hydrogen) atoms. The van der Waals surface area contributed by atoms with Crippen molar-refractivity contribution in [1.82, 2.24) is 4.90 Å². The van der Waals surface area contributed by atoms with Gasteiger partial charge in [0.2, 0.25) is 5.91 Å². The van der Waals surface area contributed by atoms with E-state index in [2.05, 4.69) is 21.9 Å². The van der Waals surface area contributed by atoms with E-state index in [1.54, 1.807) is 11.3 Å². The quantitative estimate of drug-likeness (QED) is 0.515. The van der Waals surface area contributed by atoms with Gasteiger partial charge >= 0.3 is 0 Å². The van der Waals surface area contributed by atoms with Gasteiger partial charge in [0.05, 0.1) is 13.1 Å². The number of carbonyl (C=O) groups is 1. The van der Waals surface area contributed by atoms with Crippen molar-refractivity contribution in [3.63, 3.8) is 0 Å². The minimum absolute atomic E-state index is 0.0799. The second-order valence-corrected chi connectivity index (χ2v) is 9.60. The van der Waals surface area contributed by atoms with Crippen molar-refractivity contribution < 1.29 is 14.3 Å². The van der Waals surface area contributed by atoms with Gasteiger partial charge in [-0.05, 0) is 41.8 Å². The largest absolute Gasteiger partial charge is 0.486 e. The van der Waals surface area contributed by atoms with Crippen LogP contribution in [0.25, 0.3) is 0 Å². The molecule has 0 spiro atoms. The van der Waals surface area contributed by atoms with Crippen molar-refractivity contribution in [3.05, 3.63) is 69.9 Å². The zero-order valence-electron chi connectivity index (χ0n) is 18.3. The fourth-order valence-electron chi connectivity index (χ4n) is 4.20. The molecule has 0 unspecified atom stereocenters. The van der Waals surface area contributed by atoms with Crippen molar-refractivity contribution in [1.29, 1.82) is 0 Å². The summed E-state index contributed by atoms with van der Waals surface area (Å²) < 4.78 is 11.4. The van der Waals surface area contributed by atoms with Gasteiger partial charge in [-0.2, -0.15) is 0 Å². The lowest BCUT2D eigenvalue weighted by molar-refractivity contribution is -0.120. The molecule has 1 amide bonds. The van der Waals surface area contributed by atoms with Crippen LogP contribution in [0.4, 0.5) is 11.4 Å². The highest BCUT2D eigenvalue weighted by Gasteiger charge is 2.25. The molecule has 172 valence electrons. The topological polar surface area (TPSA) is 45.3 Å². The molecule has 3 aromatic rings. The highest BCUT2D eigenvalue weighted by molar-refractivity contribution is 7.09. The Hall–Kier alpha value is -2.74. The molecule has 0 radical (unpaired) electrons. The normalized spacial score (nSPS) is 16.0. The smallest absolute Gasteiger partial charge is 0.241 e. The van der Waals surface area contributed by atoms with Gasteiger partial charge in [-0.25, -0.2) is 0 Å². The van der Waals surface area contributed by atoms with Crippen LogP contribution >= 0.6 is 22.9 Å². The third kappa shape index (κ3) is 5.27. The molecule has 0 bridgehead atoms. The molecular formula is C25H26ClN3O3S. The summed E-state index contributed by atoms with van der Waals surface area (Å²) in [6.07, 6.45) is 0. The van der Waals surface area contributed by atoms with Gasteiger partial charge in [-0.15, -0.1) is 11.3 Å². The maximum Gasteiger partial charge on any atom is 0.241 e. The SMILES string of the molecule is O=C(CN1CCN(c2cccc(Cl)c2)CC1)N(Cc1cccs1)c1ccc2c(c1)OCCO2. The fourth-order valence-corrected chi connectivity index (χ4v) is 5.07. The van der Waals surface area contributed by atoms with Gasteiger partial charge in [0, 0.05) is 53.5 Å². The molecule has 0 aliphatic carbocycles. The number of hydrogen-bond acceptors (Lipinski definition) is 6. The number of piperazine rings is 1. The minimum atomic E-state index is 0.0799. The van der Waals surface area contributed by atoms with E-state index >= 15 is 0 Å². The summed E-state index contributed by atoms with van der Waals surface area (Å²) in [5, 5.41) is 2.78. The average Bonchev–Trinajstić information content (AvgIpc) is 3.36. The summed E-state index contributed by atoms with van der Waals surface area (Å²) in [6.45, 7) is 5.36. The Morgan fingerprint density at radius 2 is 1.79 bits per heavy atom. The van der Waals surface area contributed by atoms with Crippen LogP contribution in [-0.2, 0) is 11.3 Å². The van der Waals surface area contributed by atoms with Crippen molar-refractivity contribution in [2.75, 3.05) is 55.7 Å². The van der Waals surface area contributed by atoms with E-state index in [1.807, 2.05) is 52.7 Å². The highest BCUT2D eigenvalue weighted by atomic mass is 35.5.